The molecule has 0 aromatic heterocycles. The Morgan fingerprint density at radius 1 is 1.18 bits per heavy atom. The first kappa shape index (κ1) is 16.8. The highest BCUT2D eigenvalue weighted by Gasteiger charge is 2.30. The highest BCUT2D eigenvalue weighted by atomic mass is 32.2. The van der Waals surface area contributed by atoms with Gasteiger partial charge in [0, 0.05) is 33.1 Å². The molecule has 6 nitrogen and oxygen atoms in total. The van der Waals surface area contributed by atoms with E-state index in [2.05, 4.69) is 0 Å². The third-order valence-corrected chi connectivity index (χ3v) is 5.76. The van der Waals surface area contributed by atoms with Crippen LogP contribution in [-0.4, -0.2) is 56.8 Å². The summed E-state index contributed by atoms with van der Waals surface area (Å²) in [6.45, 7) is 5.07. The van der Waals surface area contributed by atoms with Crippen LogP contribution in [0.3, 0.4) is 0 Å². The Hall–Kier alpha value is -1.60. The van der Waals surface area contributed by atoms with E-state index in [4.69, 9.17) is 4.74 Å². The summed E-state index contributed by atoms with van der Waals surface area (Å²) in [6, 6.07) is 5.11. The molecule has 2 rings (SSSR count). The number of hydrogen-bond donors (Lipinski definition) is 0. The van der Waals surface area contributed by atoms with Crippen LogP contribution in [0.4, 0.5) is 0 Å². The molecular weight excluding hydrogens is 304 g/mol. The first-order valence-electron chi connectivity index (χ1n) is 7.26. The van der Waals surface area contributed by atoms with Crippen LogP contribution in [-0.2, 0) is 14.8 Å². The normalized spacial score (nSPS) is 17.1. The summed E-state index contributed by atoms with van der Waals surface area (Å²) in [5, 5.41) is 0. The number of rotatable bonds is 3. The van der Waals surface area contributed by atoms with Gasteiger partial charge in [-0.05, 0) is 31.0 Å². The maximum atomic E-state index is 12.9. The average molecular weight is 326 g/mol. The fraction of sp³-hybridized carbons (Fsp3) is 0.533. The Labute approximate surface area is 131 Å². The highest BCUT2D eigenvalue weighted by molar-refractivity contribution is 7.89. The molecule has 1 aliphatic heterocycles. The molecule has 0 atom stereocenters. The first-order valence-corrected chi connectivity index (χ1v) is 8.70. The molecule has 0 radical (unpaired) electrons. The van der Waals surface area contributed by atoms with Crippen LogP contribution in [0, 0.1) is 6.92 Å². The summed E-state index contributed by atoms with van der Waals surface area (Å²) in [7, 11) is -2.17. The van der Waals surface area contributed by atoms with E-state index in [1.807, 2.05) is 13.0 Å². The molecule has 1 fully saturated rings. The number of carbonyl (C=O) groups excluding carboxylic acids is 1. The van der Waals surface area contributed by atoms with Crippen molar-refractivity contribution >= 4 is 15.9 Å². The van der Waals surface area contributed by atoms with E-state index in [1.165, 1.54) is 18.3 Å². The molecule has 0 spiro atoms. The second-order valence-corrected chi connectivity index (χ2v) is 7.32. The van der Waals surface area contributed by atoms with Crippen LogP contribution < -0.4 is 4.74 Å². The van der Waals surface area contributed by atoms with Gasteiger partial charge in [0.1, 0.15) is 10.6 Å². The Kier molecular flexibility index (Phi) is 5.08. The Morgan fingerprint density at radius 3 is 2.55 bits per heavy atom. The van der Waals surface area contributed by atoms with Crippen molar-refractivity contribution in [3.8, 4) is 5.75 Å². The second kappa shape index (κ2) is 6.66. The number of sulfonamides is 1. The maximum Gasteiger partial charge on any atom is 0.246 e. The van der Waals surface area contributed by atoms with Crippen LogP contribution in [0.5, 0.6) is 5.75 Å². The summed E-state index contributed by atoms with van der Waals surface area (Å²) in [5.41, 5.74) is 0.861. The molecule has 1 amide bonds. The van der Waals surface area contributed by atoms with Crippen molar-refractivity contribution < 1.29 is 17.9 Å². The minimum Gasteiger partial charge on any atom is -0.495 e. The van der Waals surface area contributed by atoms with Gasteiger partial charge in [0.05, 0.1) is 7.11 Å². The van der Waals surface area contributed by atoms with E-state index in [9.17, 15) is 13.2 Å². The summed E-state index contributed by atoms with van der Waals surface area (Å²) >= 11 is 0. The molecule has 0 bridgehead atoms. The van der Waals surface area contributed by atoms with Crippen molar-refractivity contribution in [2.75, 3.05) is 33.3 Å². The Morgan fingerprint density at radius 2 is 1.91 bits per heavy atom. The summed E-state index contributed by atoms with van der Waals surface area (Å²) in [6.07, 6.45) is 0.632. The lowest BCUT2D eigenvalue weighted by Crippen LogP contribution is -2.36. The SMILES string of the molecule is COc1ccc(C)cc1S(=O)(=O)N1CCCN(C(C)=O)CC1. The fourth-order valence-corrected chi connectivity index (χ4v) is 4.28. The van der Waals surface area contributed by atoms with Crippen LogP contribution in [0.2, 0.25) is 0 Å². The van der Waals surface area contributed by atoms with Crippen molar-refractivity contribution in [1.29, 1.82) is 0 Å². The zero-order valence-corrected chi connectivity index (χ0v) is 14.0. The highest BCUT2D eigenvalue weighted by Crippen LogP contribution is 2.28. The molecule has 22 heavy (non-hydrogen) atoms. The minimum absolute atomic E-state index is 0.0209. The summed E-state index contributed by atoms with van der Waals surface area (Å²) in [5.74, 6) is 0.325. The molecule has 1 heterocycles. The van der Waals surface area contributed by atoms with Crippen molar-refractivity contribution in [3.63, 3.8) is 0 Å². The number of benzene rings is 1. The van der Waals surface area contributed by atoms with E-state index in [-0.39, 0.29) is 10.8 Å². The van der Waals surface area contributed by atoms with Crippen molar-refractivity contribution in [1.82, 2.24) is 9.21 Å². The predicted molar refractivity (Wildman–Crippen MR) is 83.4 cm³/mol. The molecule has 7 heteroatoms. The van der Waals surface area contributed by atoms with Gasteiger partial charge in [-0.3, -0.25) is 4.79 Å². The number of ether oxygens (including phenoxy) is 1. The van der Waals surface area contributed by atoms with E-state index in [1.54, 1.807) is 17.0 Å². The molecule has 122 valence electrons. The molecular formula is C15H22N2O4S. The van der Waals surface area contributed by atoms with Gasteiger partial charge < -0.3 is 9.64 Å². The number of carbonyl (C=O) groups is 1. The first-order chi connectivity index (χ1) is 10.4. The van der Waals surface area contributed by atoms with Gasteiger partial charge in [-0.15, -0.1) is 0 Å². The number of amides is 1. The summed E-state index contributed by atoms with van der Waals surface area (Å²) in [4.78, 5) is 13.3. The van der Waals surface area contributed by atoms with Gasteiger partial charge in [0.2, 0.25) is 15.9 Å². The van der Waals surface area contributed by atoms with Gasteiger partial charge in [0.15, 0.2) is 0 Å². The lowest BCUT2D eigenvalue weighted by atomic mass is 10.2. The molecule has 0 aliphatic carbocycles. The molecule has 0 unspecified atom stereocenters. The minimum atomic E-state index is -3.63. The largest absolute Gasteiger partial charge is 0.495 e. The summed E-state index contributed by atoms with van der Waals surface area (Å²) < 4.78 is 32.4. The predicted octanol–water partition coefficient (Wildman–Crippen LogP) is 1.25. The molecule has 1 saturated heterocycles. The average Bonchev–Trinajstić information content (AvgIpc) is 2.73. The zero-order valence-electron chi connectivity index (χ0n) is 13.2. The van der Waals surface area contributed by atoms with Crippen molar-refractivity contribution in [3.05, 3.63) is 23.8 Å². The monoisotopic (exact) mass is 326 g/mol. The van der Waals surface area contributed by atoms with Crippen LogP contribution in [0.15, 0.2) is 23.1 Å². The quantitative estimate of drug-likeness (QED) is 0.838. The van der Waals surface area contributed by atoms with Gasteiger partial charge >= 0.3 is 0 Å². The third kappa shape index (κ3) is 3.41. The maximum absolute atomic E-state index is 12.9. The lowest BCUT2D eigenvalue weighted by molar-refractivity contribution is -0.128. The lowest BCUT2D eigenvalue weighted by Gasteiger charge is -2.22. The number of hydrogen-bond acceptors (Lipinski definition) is 4. The number of aryl methyl sites for hydroxylation is 1. The Balaban J connectivity index is 2.31. The topological polar surface area (TPSA) is 66.9 Å². The van der Waals surface area contributed by atoms with Crippen molar-refractivity contribution in [2.24, 2.45) is 0 Å². The standard InChI is InChI=1S/C15H22N2O4S/c1-12-5-6-14(21-3)15(11-12)22(19,20)17-8-4-7-16(9-10-17)13(2)18/h5-6,11H,4,7-10H2,1-3H3. The molecule has 1 aromatic carbocycles. The third-order valence-electron chi connectivity index (χ3n) is 3.84. The van der Waals surface area contributed by atoms with Gasteiger partial charge in [0.25, 0.3) is 0 Å². The smallest absolute Gasteiger partial charge is 0.246 e. The molecule has 0 N–H and O–H groups in total. The molecule has 1 aliphatic rings. The molecule has 1 aromatic rings. The fourth-order valence-electron chi connectivity index (χ4n) is 2.57. The zero-order chi connectivity index (χ0) is 16.3. The van der Waals surface area contributed by atoms with Gasteiger partial charge in [-0.25, -0.2) is 8.42 Å². The number of methoxy groups -OCH3 is 1. The van der Waals surface area contributed by atoms with E-state index < -0.39 is 10.0 Å². The van der Waals surface area contributed by atoms with Crippen LogP contribution in [0.1, 0.15) is 18.9 Å². The van der Waals surface area contributed by atoms with Crippen LogP contribution >= 0.6 is 0 Å². The number of nitrogens with zero attached hydrogens (tertiary/aromatic N) is 2. The van der Waals surface area contributed by atoms with Gasteiger partial charge in [-0.2, -0.15) is 4.31 Å². The van der Waals surface area contributed by atoms with Crippen LogP contribution in [0.25, 0.3) is 0 Å². The van der Waals surface area contributed by atoms with E-state index in [0.717, 1.165) is 5.56 Å². The van der Waals surface area contributed by atoms with Crippen molar-refractivity contribution in [2.45, 2.75) is 25.2 Å². The second-order valence-electron chi connectivity index (χ2n) is 5.42. The molecule has 0 saturated carbocycles. The van der Waals surface area contributed by atoms with E-state index in [0.29, 0.717) is 38.3 Å². The van der Waals surface area contributed by atoms with Gasteiger partial charge in [-0.1, -0.05) is 6.07 Å². The Bertz CT molecular complexity index is 658. The van der Waals surface area contributed by atoms with E-state index >= 15 is 0 Å².